The monoisotopic (exact) mass is 446 g/mol. The first-order valence-corrected chi connectivity index (χ1v) is 11.3. The molecule has 0 N–H and O–H groups in total. The van der Waals surface area contributed by atoms with E-state index in [4.69, 9.17) is 4.98 Å². The lowest BCUT2D eigenvalue weighted by atomic mass is 9.73. The smallest absolute Gasteiger partial charge is 0.161 e. The Morgan fingerprint density at radius 3 is 2.61 bits per heavy atom. The maximum Gasteiger partial charge on any atom is 0.161 e. The van der Waals surface area contributed by atoms with Gasteiger partial charge in [0.25, 0.3) is 0 Å². The van der Waals surface area contributed by atoms with Crippen LogP contribution in [-0.2, 0) is 0 Å². The Balaban J connectivity index is 1.98. The molecule has 0 spiro atoms. The van der Waals surface area contributed by atoms with Crippen molar-refractivity contribution in [3.63, 3.8) is 0 Å². The summed E-state index contributed by atoms with van der Waals surface area (Å²) in [6.45, 7) is 12.5. The van der Waals surface area contributed by atoms with Crippen molar-refractivity contribution in [2.45, 2.75) is 32.4 Å². The first-order chi connectivity index (χ1) is 15.6. The van der Waals surface area contributed by atoms with E-state index >= 15 is 0 Å². The molecule has 1 fully saturated rings. The van der Waals surface area contributed by atoms with Crippen LogP contribution in [0.25, 0.3) is 22.5 Å². The number of halogens is 1. The molecule has 0 unspecified atom stereocenters. The summed E-state index contributed by atoms with van der Waals surface area (Å²) in [6, 6.07) is 8.16. The molecule has 33 heavy (non-hydrogen) atoms. The minimum atomic E-state index is -1.04. The fraction of sp³-hybridized carbons (Fsp3) is 0.357. The number of hydrogen-bond acceptors (Lipinski definition) is 4. The number of nitrogens with zero attached hydrogens (tertiary/aromatic N) is 4. The molecule has 1 aromatic carbocycles. The highest BCUT2D eigenvalue weighted by atomic mass is 19.1. The Kier molecular flexibility index (Phi) is 7.52. The standard InChI is InChI=1S/C28H35FN4/c1-8-11-20(3)25-17-30-26(31-27(25)33(7)18-21-15-28(4,29)16-21)24-13-10-12-23(14-24)22(9-2)19-32(5)6/h8-14,17,19,21H,2-3,15-16,18H2,1,4-7H3/b11-8-,22-19+. The van der Waals surface area contributed by atoms with Gasteiger partial charge in [0.2, 0.25) is 0 Å². The zero-order valence-corrected chi connectivity index (χ0v) is 20.5. The lowest BCUT2D eigenvalue weighted by Crippen LogP contribution is -2.42. The second-order valence-electron chi connectivity index (χ2n) is 9.36. The molecule has 2 aromatic rings. The molecule has 1 aromatic heterocycles. The molecule has 0 atom stereocenters. The van der Waals surface area contributed by atoms with Crippen molar-refractivity contribution in [1.82, 2.24) is 14.9 Å². The normalized spacial score (nSPS) is 20.4. The zero-order chi connectivity index (χ0) is 24.2. The highest BCUT2D eigenvalue weighted by Gasteiger charge is 2.41. The summed E-state index contributed by atoms with van der Waals surface area (Å²) < 4.78 is 14.0. The quantitative estimate of drug-likeness (QED) is 0.418. The predicted molar refractivity (Wildman–Crippen MR) is 139 cm³/mol. The summed E-state index contributed by atoms with van der Waals surface area (Å²) in [7, 11) is 5.99. The number of alkyl halides is 1. The van der Waals surface area contributed by atoms with Crippen LogP contribution in [0.15, 0.2) is 68.0 Å². The van der Waals surface area contributed by atoms with Gasteiger partial charge in [0, 0.05) is 51.2 Å². The van der Waals surface area contributed by atoms with Crippen LogP contribution in [0.1, 0.15) is 37.8 Å². The average molecular weight is 447 g/mol. The third kappa shape index (κ3) is 5.98. The van der Waals surface area contributed by atoms with Crippen molar-refractivity contribution in [2.75, 3.05) is 32.6 Å². The number of allylic oxidation sites excluding steroid dienone is 5. The van der Waals surface area contributed by atoms with Gasteiger partial charge in [-0.3, -0.25) is 0 Å². The molecule has 1 aliphatic carbocycles. The maximum absolute atomic E-state index is 14.0. The van der Waals surface area contributed by atoms with E-state index in [1.807, 2.05) is 75.7 Å². The Morgan fingerprint density at radius 2 is 2.00 bits per heavy atom. The molecule has 5 heteroatoms. The van der Waals surface area contributed by atoms with Crippen LogP contribution in [0, 0.1) is 5.92 Å². The van der Waals surface area contributed by atoms with E-state index < -0.39 is 5.67 Å². The molecule has 1 heterocycles. The molecule has 3 rings (SSSR count). The Labute approximate surface area is 197 Å². The second-order valence-corrected chi connectivity index (χ2v) is 9.36. The van der Waals surface area contributed by atoms with Crippen molar-refractivity contribution in [3.05, 3.63) is 79.2 Å². The van der Waals surface area contributed by atoms with E-state index in [0.717, 1.165) is 40.2 Å². The number of anilines is 1. The van der Waals surface area contributed by atoms with E-state index in [2.05, 4.69) is 35.2 Å². The van der Waals surface area contributed by atoms with E-state index in [-0.39, 0.29) is 0 Å². The van der Waals surface area contributed by atoms with Crippen LogP contribution in [-0.4, -0.2) is 48.2 Å². The van der Waals surface area contributed by atoms with Crippen LogP contribution in [0.2, 0.25) is 0 Å². The summed E-state index contributed by atoms with van der Waals surface area (Å²) in [4.78, 5) is 13.7. The summed E-state index contributed by atoms with van der Waals surface area (Å²) in [5.74, 6) is 1.78. The number of benzene rings is 1. The lowest BCUT2D eigenvalue weighted by molar-refractivity contribution is 0.0294. The fourth-order valence-electron chi connectivity index (χ4n) is 4.43. The highest BCUT2D eigenvalue weighted by Crippen LogP contribution is 2.41. The van der Waals surface area contributed by atoms with E-state index in [9.17, 15) is 4.39 Å². The molecule has 174 valence electrons. The Hall–Kier alpha value is -3.21. The summed E-state index contributed by atoms with van der Waals surface area (Å²) in [5, 5.41) is 0. The van der Waals surface area contributed by atoms with Crippen molar-refractivity contribution < 1.29 is 4.39 Å². The van der Waals surface area contributed by atoms with Crippen LogP contribution in [0.4, 0.5) is 10.2 Å². The number of hydrogen-bond donors (Lipinski definition) is 0. The number of rotatable bonds is 9. The minimum absolute atomic E-state index is 0.320. The molecule has 0 radical (unpaired) electrons. The predicted octanol–water partition coefficient (Wildman–Crippen LogP) is 6.40. The van der Waals surface area contributed by atoms with Crippen molar-refractivity contribution in [3.8, 4) is 11.4 Å². The zero-order valence-electron chi connectivity index (χ0n) is 20.5. The molecular weight excluding hydrogens is 411 g/mol. The molecule has 0 bridgehead atoms. The molecule has 1 aliphatic rings. The van der Waals surface area contributed by atoms with Crippen molar-refractivity contribution >= 4 is 17.0 Å². The SMILES string of the molecule is C=C/C(=C\N(C)C)c1cccc(-c2ncc(C(=C)/C=C\C)c(N(C)CC3CC(C)(F)C3)n2)c1. The van der Waals surface area contributed by atoms with Gasteiger partial charge >= 0.3 is 0 Å². The highest BCUT2D eigenvalue weighted by molar-refractivity contribution is 5.80. The third-order valence-corrected chi connectivity index (χ3v) is 5.88. The molecular formula is C28H35FN4. The first kappa shape index (κ1) is 24.4. The van der Waals surface area contributed by atoms with Crippen molar-refractivity contribution in [2.24, 2.45) is 5.92 Å². The van der Waals surface area contributed by atoms with Gasteiger partial charge in [-0.25, -0.2) is 14.4 Å². The van der Waals surface area contributed by atoms with Crippen LogP contribution in [0.3, 0.4) is 0 Å². The van der Waals surface area contributed by atoms with Gasteiger partial charge in [-0.15, -0.1) is 0 Å². The average Bonchev–Trinajstić information content (AvgIpc) is 2.75. The van der Waals surface area contributed by atoms with Gasteiger partial charge < -0.3 is 9.80 Å². The molecule has 0 amide bonds. The van der Waals surface area contributed by atoms with Gasteiger partial charge in [0.05, 0.1) is 0 Å². The van der Waals surface area contributed by atoms with Gasteiger partial charge in [0.15, 0.2) is 5.82 Å². The third-order valence-electron chi connectivity index (χ3n) is 5.88. The molecule has 4 nitrogen and oxygen atoms in total. The Bertz CT molecular complexity index is 1070. The van der Waals surface area contributed by atoms with E-state index in [1.54, 1.807) is 6.92 Å². The summed E-state index contributed by atoms with van der Waals surface area (Å²) in [6.07, 6.45) is 10.8. The first-order valence-electron chi connectivity index (χ1n) is 11.3. The molecule has 0 saturated heterocycles. The topological polar surface area (TPSA) is 32.3 Å². The van der Waals surface area contributed by atoms with E-state index in [1.165, 1.54) is 0 Å². The number of aromatic nitrogens is 2. The fourth-order valence-corrected chi connectivity index (χ4v) is 4.43. The van der Waals surface area contributed by atoms with E-state index in [0.29, 0.717) is 24.6 Å². The maximum atomic E-state index is 14.0. The minimum Gasteiger partial charge on any atom is -0.383 e. The van der Waals surface area contributed by atoms with Gasteiger partial charge in [-0.1, -0.05) is 49.6 Å². The van der Waals surface area contributed by atoms with Crippen LogP contribution < -0.4 is 4.90 Å². The van der Waals surface area contributed by atoms with Crippen molar-refractivity contribution in [1.29, 1.82) is 0 Å². The summed E-state index contributed by atoms with van der Waals surface area (Å²) in [5.41, 5.74) is 3.70. The van der Waals surface area contributed by atoms with Gasteiger partial charge in [-0.05, 0) is 55.4 Å². The second kappa shape index (κ2) is 10.2. The van der Waals surface area contributed by atoms with Gasteiger partial charge in [-0.2, -0.15) is 0 Å². The largest absolute Gasteiger partial charge is 0.383 e. The molecule has 1 saturated carbocycles. The molecule has 0 aliphatic heterocycles. The summed E-state index contributed by atoms with van der Waals surface area (Å²) >= 11 is 0. The van der Waals surface area contributed by atoms with Gasteiger partial charge in [0.1, 0.15) is 11.5 Å². The lowest BCUT2D eigenvalue weighted by Gasteiger charge is -2.41. The van der Waals surface area contributed by atoms with Crippen LogP contribution in [0.5, 0.6) is 0 Å². The van der Waals surface area contributed by atoms with Crippen LogP contribution >= 0.6 is 0 Å². The Morgan fingerprint density at radius 1 is 1.27 bits per heavy atom.